The third-order valence-electron chi connectivity index (χ3n) is 7.81. The van der Waals surface area contributed by atoms with Gasteiger partial charge in [-0.25, -0.2) is 9.36 Å². The molecule has 0 aliphatic carbocycles. The van der Waals surface area contributed by atoms with Crippen molar-refractivity contribution in [1.82, 2.24) is 30.0 Å². The molecule has 0 aliphatic heterocycles. The standard InChI is InChI=1S/C36H38N6O2P2/c1-27(2)25-41-33(35(37-39-41)45(43,29-17-9-5-10-18-29)30-19-11-6-12-20-30)34-36(38-40-42(34)26-28(3)4)46(44,31-21-13-7-14-22-31)32-23-15-8-16-24-32/h5-24,27-28H,25-26H2,1-4H3. The molecular weight excluding hydrogens is 610 g/mol. The fraction of sp³-hybridized carbons (Fsp3) is 0.222. The summed E-state index contributed by atoms with van der Waals surface area (Å²) in [5, 5.41) is 21.3. The van der Waals surface area contributed by atoms with E-state index in [1.54, 1.807) is 9.36 Å². The monoisotopic (exact) mass is 648 g/mol. The van der Waals surface area contributed by atoms with Crippen LogP contribution in [0.1, 0.15) is 27.7 Å². The summed E-state index contributed by atoms with van der Waals surface area (Å²) in [6, 6.07) is 37.7. The van der Waals surface area contributed by atoms with Crippen LogP contribution in [-0.4, -0.2) is 30.0 Å². The molecule has 2 heterocycles. The summed E-state index contributed by atoms with van der Waals surface area (Å²) in [7, 11) is -7.20. The summed E-state index contributed by atoms with van der Waals surface area (Å²) >= 11 is 0. The lowest BCUT2D eigenvalue weighted by Crippen LogP contribution is -2.31. The predicted molar refractivity (Wildman–Crippen MR) is 187 cm³/mol. The molecular formula is C36H38N6O2P2. The van der Waals surface area contributed by atoms with Crippen molar-refractivity contribution in [1.29, 1.82) is 0 Å². The lowest BCUT2D eigenvalue weighted by molar-refractivity contribution is 0.461. The van der Waals surface area contributed by atoms with Crippen LogP contribution < -0.4 is 32.1 Å². The molecule has 8 nitrogen and oxygen atoms in total. The molecule has 0 radical (unpaired) electrons. The first kappa shape index (κ1) is 31.6. The van der Waals surface area contributed by atoms with Crippen molar-refractivity contribution in [3.63, 3.8) is 0 Å². The number of hydrogen-bond acceptors (Lipinski definition) is 6. The Kier molecular flexibility index (Phi) is 9.04. The van der Waals surface area contributed by atoms with Crippen LogP contribution in [0.15, 0.2) is 121 Å². The van der Waals surface area contributed by atoms with Crippen LogP contribution in [0.5, 0.6) is 0 Å². The van der Waals surface area contributed by atoms with Crippen molar-refractivity contribution >= 4 is 46.4 Å². The van der Waals surface area contributed by atoms with Gasteiger partial charge < -0.3 is 9.13 Å². The smallest absolute Gasteiger partial charge is 0.192 e. The van der Waals surface area contributed by atoms with Crippen LogP contribution in [0.3, 0.4) is 0 Å². The Morgan fingerprint density at radius 3 is 0.978 bits per heavy atom. The largest absolute Gasteiger partial charge is 0.307 e. The molecule has 0 bridgehead atoms. The average Bonchev–Trinajstić information content (AvgIpc) is 3.68. The zero-order chi connectivity index (χ0) is 32.3. The van der Waals surface area contributed by atoms with E-state index >= 15 is 9.13 Å². The van der Waals surface area contributed by atoms with Gasteiger partial charge >= 0.3 is 0 Å². The Hall–Kier alpha value is -4.38. The molecule has 6 rings (SSSR count). The van der Waals surface area contributed by atoms with Gasteiger partial charge in [0.2, 0.25) is 0 Å². The fourth-order valence-corrected chi connectivity index (χ4v) is 11.1. The SMILES string of the molecule is CC(C)Cn1nnc(P(=O)(c2ccccc2)c2ccccc2)c1-c1c(P(=O)(c2ccccc2)c2ccccc2)nnn1CC(C)C. The van der Waals surface area contributed by atoms with Crippen LogP contribution in [0, 0.1) is 11.8 Å². The highest BCUT2D eigenvalue weighted by Gasteiger charge is 2.43. The third-order valence-corrected chi connectivity index (χ3v) is 13.7. The van der Waals surface area contributed by atoms with Crippen molar-refractivity contribution in [3.05, 3.63) is 121 Å². The molecule has 0 unspecified atom stereocenters. The number of hydrogen-bond donors (Lipinski definition) is 0. The highest BCUT2D eigenvalue weighted by atomic mass is 31.2. The molecule has 6 aromatic rings. The highest BCUT2D eigenvalue weighted by Crippen LogP contribution is 2.48. The molecule has 0 saturated carbocycles. The highest BCUT2D eigenvalue weighted by molar-refractivity contribution is 7.86. The van der Waals surface area contributed by atoms with E-state index in [2.05, 4.69) is 38.1 Å². The van der Waals surface area contributed by atoms with Gasteiger partial charge in [-0.2, -0.15) is 0 Å². The molecule has 0 aliphatic rings. The van der Waals surface area contributed by atoms with Crippen molar-refractivity contribution in [2.45, 2.75) is 40.8 Å². The molecule has 0 fully saturated rings. The van der Waals surface area contributed by atoms with Gasteiger partial charge in [-0.1, -0.05) is 159 Å². The first-order valence-corrected chi connectivity index (χ1v) is 19.0. The molecule has 0 saturated heterocycles. The van der Waals surface area contributed by atoms with Crippen molar-refractivity contribution < 1.29 is 9.13 Å². The lowest BCUT2D eigenvalue weighted by Gasteiger charge is -2.22. The zero-order valence-corrected chi connectivity index (χ0v) is 28.3. The summed E-state index contributed by atoms with van der Waals surface area (Å²) in [5.74, 6) is 0.378. The summed E-state index contributed by atoms with van der Waals surface area (Å²) in [6.45, 7) is 9.40. The zero-order valence-electron chi connectivity index (χ0n) is 26.5. The average molecular weight is 649 g/mol. The normalized spacial score (nSPS) is 12.2. The number of benzene rings is 4. The Balaban J connectivity index is 1.75. The van der Waals surface area contributed by atoms with Gasteiger partial charge in [-0.05, 0) is 11.8 Å². The fourth-order valence-electron chi connectivity index (χ4n) is 5.77. The van der Waals surface area contributed by atoms with Crippen LogP contribution in [-0.2, 0) is 22.2 Å². The van der Waals surface area contributed by atoms with Crippen molar-refractivity contribution in [3.8, 4) is 11.4 Å². The minimum atomic E-state index is -3.60. The van der Waals surface area contributed by atoms with Crippen molar-refractivity contribution in [2.24, 2.45) is 11.8 Å². The van der Waals surface area contributed by atoms with Gasteiger partial charge in [0.05, 0.1) is 0 Å². The van der Waals surface area contributed by atoms with Crippen LogP contribution in [0.2, 0.25) is 0 Å². The maximum absolute atomic E-state index is 15.8. The second kappa shape index (κ2) is 13.2. The number of rotatable bonds is 11. The van der Waals surface area contributed by atoms with Gasteiger partial charge in [0.15, 0.2) is 25.2 Å². The van der Waals surface area contributed by atoms with E-state index in [-0.39, 0.29) is 11.8 Å². The van der Waals surface area contributed by atoms with Gasteiger partial charge in [0.25, 0.3) is 0 Å². The number of aromatic nitrogens is 6. The minimum absolute atomic E-state index is 0.189. The molecule has 234 valence electrons. The lowest BCUT2D eigenvalue weighted by atomic mass is 10.2. The van der Waals surface area contributed by atoms with E-state index in [4.69, 9.17) is 10.2 Å². The third kappa shape index (κ3) is 5.72. The summed E-state index contributed by atoms with van der Waals surface area (Å²) in [5.41, 5.74) is 1.70. The second-order valence-electron chi connectivity index (χ2n) is 12.2. The maximum Gasteiger partial charge on any atom is 0.192 e. The second-order valence-corrected chi connectivity index (χ2v) is 17.6. The molecule has 46 heavy (non-hydrogen) atoms. The maximum atomic E-state index is 15.8. The van der Waals surface area contributed by atoms with Crippen LogP contribution in [0.4, 0.5) is 0 Å². The molecule has 0 spiro atoms. The Labute approximate surface area is 270 Å². The van der Waals surface area contributed by atoms with E-state index in [0.29, 0.717) is 56.6 Å². The van der Waals surface area contributed by atoms with E-state index < -0.39 is 14.3 Å². The van der Waals surface area contributed by atoms with Gasteiger partial charge in [0.1, 0.15) is 11.4 Å². The Bertz CT molecular complexity index is 1770. The van der Waals surface area contributed by atoms with Crippen LogP contribution in [0.25, 0.3) is 11.4 Å². The van der Waals surface area contributed by atoms with Gasteiger partial charge in [0, 0.05) is 34.3 Å². The topological polar surface area (TPSA) is 95.6 Å². The number of nitrogens with zero attached hydrogens (tertiary/aromatic N) is 6. The molecule has 0 amide bonds. The van der Waals surface area contributed by atoms with Crippen LogP contribution >= 0.6 is 14.3 Å². The van der Waals surface area contributed by atoms with Crippen molar-refractivity contribution in [2.75, 3.05) is 0 Å². The predicted octanol–water partition coefficient (Wildman–Crippen LogP) is 5.13. The molecule has 0 N–H and O–H groups in total. The quantitative estimate of drug-likeness (QED) is 0.181. The Morgan fingerprint density at radius 2 is 0.739 bits per heavy atom. The van der Waals surface area contributed by atoms with Gasteiger partial charge in [-0.15, -0.1) is 10.2 Å². The van der Waals surface area contributed by atoms with Gasteiger partial charge in [-0.3, -0.25) is 0 Å². The molecule has 0 atom stereocenters. The first-order chi connectivity index (χ1) is 22.2. The Morgan fingerprint density at radius 1 is 0.478 bits per heavy atom. The molecule has 2 aromatic heterocycles. The van der Waals surface area contributed by atoms with E-state index in [1.165, 1.54) is 0 Å². The van der Waals surface area contributed by atoms with E-state index in [0.717, 1.165) is 0 Å². The first-order valence-electron chi connectivity index (χ1n) is 15.6. The summed E-state index contributed by atoms with van der Waals surface area (Å²) in [4.78, 5) is 0. The molecule has 10 heteroatoms. The molecule has 4 aromatic carbocycles. The summed E-state index contributed by atoms with van der Waals surface area (Å²) in [6.07, 6.45) is 0. The minimum Gasteiger partial charge on any atom is -0.307 e. The van der Waals surface area contributed by atoms with E-state index in [1.807, 2.05) is 121 Å². The summed E-state index contributed by atoms with van der Waals surface area (Å²) < 4.78 is 35.3. The van der Waals surface area contributed by atoms with E-state index in [9.17, 15) is 0 Å².